The molecular formula is C12H16N2O4. The lowest BCUT2D eigenvalue weighted by atomic mass is 10.1. The van der Waals surface area contributed by atoms with Gasteiger partial charge in [0.25, 0.3) is 5.91 Å². The van der Waals surface area contributed by atoms with Crippen molar-refractivity contribution in [3.8, 4) is 5.75 Å². The monoisotopic (exact) mass is 252 g/mol. The van der Waals surface area contributed by atoms with E-state index >= 15 is 0 Å². The first kappa shape index (κ1) is 12.7. The summed E-state index contributed by atoms with van der Waals surface area (Å²) < 4.78 is 5.01. The van der Waals surface area contributed by atoms with Crippen molar-refractivity contribution in [1.82, 2.24) is 4.90 Å². The van der Waals surface area contributed by atoms with Crippen LogP contribution in [0, 0.1) is 0 Å². The number of nitrogens with zero attached hydrogens (tertiary/aromatic N) is 1. The van der Waals surface area contributed by atoms with Crippen LogP contribution in [0.3, 0.4) is 0 Å². The first-order chi connectivity index (χ1) is 8.52. The molecule has 0 saturated carbocycles. The Morgan fingerprint density at radius 1 is 1.39 bits per heavy atom. The number of aliphatic hydroxyl groups is 2. The second-order valence-corrected chi connectivity index (χ2v) is 4.30. The number of nitrogen functional groups attached to an aromatic ring is 1. The molecule has 1 aromatic carbocycles. The summed E-state index contributed by atoms with van der Waals surface area (Å²) in [4.78, 5) is 13.5. The zero-order chi connectivity index (χ0) is 13.3. The highest BCUT2D eigenvalue weighted by atomic mass is 16.5. The summed E-state index contributed by atoms with van der Waals surface area (Å²) in [7, 11) is 1.50. The second-order valence-electron chi connectivity index (χ2n) is 4.30. The van der Waals surface area contributed by atoms with Gasteiger partial charge in [-0.2, -0.15) is 0 Å². The van der Waals surface area contributed by atoms with Crippen molar-refractivity contribution in [3.63, 3.8) is 0 Å². The van der Waals surface area contributed by atoms with Gasteiger partial charge in [-0.1, -0.05) is 0 Å². The molecule has 1 aliphatic heterocycles. The quantitative estimate of drug-likeness (QED) is 0.614. The summed E-state index contributed by atoms with van der Waals surface area (Å²) in [5.74, 6) is 0.244. The van der Waals surface area contributed by atoms with Gasteiger partial charge in [0.05, 0.1) is 25.0 Å². The number of hydrogen-bond donors (Lipinski definition) is 3. The number of β-amino-alcohol motifs (C(OH)–C–C–N with tert-alkyl or cyclic N) is 2. The van der Waals surface area contributed by atoms with Gasteiger partial charge >= 0.3 is 0 Å². The number of methoxy groups -OCH3 is 1. The van der Waals surface area contributed by atoms with Gasteiger partial charge in [0.15, 0.2) is 0 Å². The van der Waals surface area contributed by atoms with Crippen molar-refractivity contribution in [2.45, 2.75) is 12.2 Å². The first-order valence-electron chi connectivity index (χ1n) is 5.62. The first-order valence-corrected chi connectivity index (χ1v) is 5.62. The molecule has 6 heteroatoms. The van der Waals surface area contributed by atoms with Gasteiger partial charge in [0.1, 0.15) is 5.75 Å². The van der Waals surface area contributed by atoms with Crippen LogP contribution in [0.4, 0.5) is 5.69 Å². The summed E-state index contributed by atoms with van der Waals surface area (Å²) >= 11 is 0. The van der Waals surface area contributed by atoms with Gasteiger partial charge in [-0.05, 0) is 18.2 Å². The van der Waals surface area contributed by atoms with Gasteiger partial charge in [0, 0.05) is 18.7 Å². The molecular weight excluding hydrogens is 236 g/mol. The molecule has 1 heterocycles. The number of aliphatic hydroxyl groups excluding tert-OH is 2. The highest BCUT2D eigenvalue weighted by Gasteiger charge is 2.33. The Morgan fingerprint density at radius 2 is 2.00 bits per heavy atom. The summed E-state index contributed by atoms with van der Waals surface area (Å²) in [5, 5.41) is 18.8. The molecule has 4 N–H and O–H groups in total. The minimum atomic E-state index is -0.885. The summed E-state index contributed by atoms with van der Waals surface area (Å²) in [6, 6.07) is 4.75. The van der Waals surface area contributed by atoms with Crippen LogP contribution in [0.15, 0.2) is 18.2 Å². The fourth-order valence-corrected chi connectivity index (χ4v) is 1.99. The Hall–Kier alpha value is -1.79. The summed E-state index contributed by atoms with van der Waals surface area (Å²) in [6.07, 6.45) is -1.77. The van der Waals surface area contributed by atoms with Crippen molar-refractivity contribution in [2.75, 3.05) is 25.9 Å². The molecule has 1 aromatic rings. The molecule has 18 heavy (non-hydrogen) atoms. The lowest BCUT2D eigenvalue weighted by molar-refractivity contribution is 0.0572. The Balaban J connectivity index is 2.17. The minimum Gasteiger partial charge on any atom is -0.495 e. The number of likely N-dealkylation sites (tertiary alicyclic amines) is 1. The van der Waals surface area contributed by atoms with E-state index in [4.69, 9.17) is 10.5 Å². The Morgan fingerprint density at radius 3 is 2.50 bits per heavy atom. The largest absolute Gasteiger partial charge is 0.495 e. The van der Waals surface area contributed by atoms with E-state index in [0.29, 0.717) is 17.0 Å². The van der Waals surface area contributed by atoms with E-state index in [2.05, 4.69) is 0 Å². The third-order valence-corrected chi connectivity index (χ3v) is 3.02. The molecule has 1 aliphatic rings. The highest BCUT2D eigenvalue weighted by Crippen LogP contribution is 2.23. The van der Waals surface area contributed by atoms with Crippen molar-refractivity contribution in [1.29, 1.82) is 0 Å². The number of carbonyl (C=O) groups is 1. The van der Waals surface area contributed by atoms with E-state index in [1.807, 2.05) is 0 Å². The minimum absolute atomic E-state index is 0.131. The van der Waals surface area contributed by atoms with Crippen molar-refractivity contribution in [2.24, 2.45) is 0 Å². The zero-order valence-corrected chi connectivity index (χ0v) is 10.0. The maximum absolute atomic E-state index is 12.1. The smallest absolute Gasteiger partial charge is 0.254 e. The SMILES string of the molecule is COc1ccc(C(=O)N2CC(O)C(O)C2)cc1N. The molecule has 0 aliphatic carbocycles. The molecule has 1 fully saturated rings. The maximum Gasteiger partial charge on any atom is 0.254 e. The normalized spacial score (nSPS) is 23.2. The molecule has 98 valence electrons. The topological polar surface area (TPSA) is 96.0 Å². The number of benzene rings is 1. The predicted octanol–water partition coefficient (Wildman–Crippen LogP) is -0.545. The Bertz CT molecular complexity index is 453. The maximum atomic E-state index is 12.1. The van der Waals surface area contributed by atoms with Crippen LogP contribution in [-0.2, 0) is 0 Å². The van der Waals surface area contributed by atoms with Crippen molar-refractivity contribution in [3.05, 3.63) is 23.8 Å². The van der Waals surface area contributed by atoms with Gasteiger partial charge < -0.3 is 25.6 Å². The average molecular weight is 252 g/mol. The molecule has 2 atom stereocenters. The van der Waals surface area contributed by atoms with Crippen LogP contribution in [0.25, 0.3) is 0 Å². The van der Waals surface area contributed by atoms with Crippen molar-refractivity contribution < 1.29 is 19.7 Å². The summed E-state index contributed by atoms with van der Waals surface area (Å²) in [5.41, 5.74) is 6.52. The fourth-order valence-electron chi connectivity index (χ4n) is 1.99. The van der Waals surface area contributed by atoms with E-state index in [-0.39, 0.29) is 19.0 Å². The third kappa shape index (κ3) is 2.25. The van der Waals surface area contributed by atoms with E-state index in [1.165, 1.54) is 18.1 Å². The zero-order valence-electron chi connectivity index (χ0n) is 10.0. The molecule has 0 aromatic heterocycles. The van der Waals surface area contributed by atoms with Gasteiger partial charge in [0.2, 0.25) is 0 Å². The number of carbonyl (C=O) groups excluding carboxylic acids is 1. The van der Waals surface area contributed by atoms with E-state index in [1.54, 1.807) is 12.1 Å². The third-order valence-electron chi connectivity index (χ3n) is 3.02. The Labute approximate surface area is 105 Å². The Kier molecular flexibility index (Phi) is 3.40. The van der Waals surface area contributed by atoms with Crippen molar-refractivity contribution >= 4 is 11.6 Å². The van der Waals surface area contributed by atoms with Crippen LogP contribution in [0.2, 0.25) is 0 Å². The lowest BCUT2D eigenvalue weighted by Crippen LogP contribution is -2.29. The molecule has 2 rings (SSSR count). The fraction of sp³-hybridized carbons (Fsp3) is 0.417. The number of nitrogens with two attached hydrogens (primary N) is 1. The number of anilines is 1. The van der Waals surface area contributed by atoms with Gasteiger partial charge in [-0.3, -0.25) is 4.79 Å². The molecule has 0 radical (unpaired) electrons. The highest BCUT2D eigenvalue weighted by molar-refractivity contribution is 5.95. The second kappa shape index (κ2) is 4.83. The predicted molar refractivity (Wildman–Crippen MR) is 65.3 cm³/mol. The standard InChI is InChI=1S/C12H16N2O4/c1-18-11-3-2-7(4-8(11)13)12(17)14-5-9(15)10(16)6-14/h2-4,9-10,15-16H,5-6,13H2,1H3. The number of hydrogen-bond acceptors (Lipinski definition) is 5. The number of ether oxygens (including phenoxy) is 1. The lowest BCUT2D eigenvalue weighted by Gasteiger charge is -2.16. The van der Waals surface area contributed by atoms with Gasteiger partial charge in [-0.15, -0.1) is 0 Å². The molecule has 6 nitrogen and oxygen atoms in total. The number of amides is 1. The van der Waals surface area contributed by atoms with Crippen LogP contribution in [-0.4, -0.2) is 53.4 Å². The molecule has 1 amide bonds. The molecule has 0 bridgehead atoms. The number of rotatable bonds is 2. The molecule has 0 spiro atoms. The van der Waals surface area contributed by atoms with E-state index in [9.17, 15) is 15.0 Å². The molecule has 2 unspecified atom stereocenters. The van der Waals surface area contributed by atoms with E-state index < -0.39 is 12.2 Å². The van der Waals surface area contributed by atoms with Crippen LogP contribution in [0.1, 0.15) is 10.4 Å². The van der Waals surface area contributed by atoms with Crippen LogP contribution >= 0.6 is 0 Å². The van der Waals surface area contributed by atoms with Crippen LogP contribution < -0.4 is 10.5 Å². The average Bonchev–Trinajstić information content (AvgIpc) is 2.68. The van der Waals surface area contributed by atoms with Crippen LogP contribution in [0.5, 0.6) is 5.75 Å². The molecule has 1 saturated heterocycles. The summed E-state index contributed by atoms with van der Waals surface area (Å²) in [6.45, 7) is 0.262. The van der Waals surface area contributed by atoms with E-state index in [0.717, 1.165) is 0 Å². The van der Waals surface area contributed by atoms with Gasteiger partial charge in [-0.25, -0.2) is 0 Å².